The molecule has 0 aromatic carbocycles. The summed E-state index contributed by atoms with van der Waals surface area (Å²) in [7, 11) is 4.09. The lowest BCUT2D eigenvalue weighted by molar-refractivity contribution is 0.313. The summed E-state index contributed by atoms with van der Waals surface area (Å²) < 4.78 is 0. The van der Waals surface area contributed by atoms with Crippen molar-refractivity contribution in [1.82, 2.24) is 10.2 Å². The molecular weight excluding hydrogens is 180 g/mol. The molecule has 0 aliphatic heterocycles. The van der Waals surface area contributed by atoms with E-state index >= 15 is 0 Å². The van der Waals surface area contributed by atoms with Crippen molar-refractivity contribution in [2.45, 2.75) is 25.8 Å². The average Bonchev–Trinajstić information content (AvgIpc) is 2.16. The number of hydrogen-bond donors (Lipinski definition) is 3. The molecular formula is C9H22N4O. The number of nitrogens with zero attached hydrogens (tertiary/aromatic N) is 2. The van der Waals surface area contributed by atoms with Gasteiger partial charge in [0.25, 0.3) is 0 Å². The zero-order chi connectivity index (χ0) is 11.0. The van der Waals surface area contributed by atoms with Gasteiger partial charge in [-0.2, -0.15) is 0 Å². The SMILES string of the molecule is CCC(NCCCN(C)C)C(N)=NO. The highest BCUT2D eigenvalue weighted by Gasteiger charge is 2.09. The Morgan fingerprint density at radius 3 is 2.64 bits per heavy atom. The molecule has 84 valence electrons. The average molecular weight is 202 g/mol. The summed E-state index contributed by atoms with van der Waals surface area (Å²) in [5.74, 6) is 0.261. The van der Waals surface area contributed by atoms with Crippen LogP contribution in [0.5, 0.6) is 0 Å². The standard InChI is InChI=1S/C9H22N4O/c1-4-8(9(10)12-14)11-6-5-7-13(2)3/h8,11,14H,4-7H2,1-3H3,(H2,10,12). The van der Waals surface area contributed by atoms with Crippen LogP contribution in [0.4, 0.5) is 0 Å². The van der Waals surface area contributed by atoms with Crippen molar-refractivity contribution < 1.29 is 5.21 Å². The van der Waals surface area contributed by atoms with E-state index in [2.05, 4.69) is 15.4 Å². The maximum absolute atomic E-state index is 8.50. The van der Waals surface area contributed by atoms with Gasteiger partial charge in [-0.05, 0) is 40.0 Å². The van der Waals surface area contributed by atoms with Gasteiger partial charge in [-0.15, -0.1) is 0 Å². The van der Waals surface area contributed by atoms with Crippen LogP contribution < -0.4 is 11.1 Å². The summed E-state index contributed by atoms with van der Waals surface area (Å²) in [6.07, 6.45) is 1.89. The lowest BCUT2D eigenvalue weighted by atomic mass is 10.2. The molecule has 1 unspecified atom stereocenters. The monoisotopic (exact) mass is 202 g/mol. The van der Waals surface area contributed by atoms with E-state index in [1.165, 1.54) is 0 Å². The third-order valence-corrected chi connectivity index (χ3v) is 2.05. The number of nitrogens with two attached hydrogens (primary N) is 1. The van der Waals surface area contributed by atoms with E-state index < -0.39 is 0 Å². The van der Waals surface area contributed by atoms with Crippen LogP contribution in [0.15, 0.2) is 5.16 Å². The second-order valence-corrected chi connectivity index (χ2v) is 3.60. The van der Waals surface area contributed by atoms with Crippen LogP contribution in [0, 0.1) is 0 Å². The minimum Gasteiger partial charge on any atom is -0.409 e. The van der Waals surface area contributed by atoms with E-state index in [1.807, 2.05) is 21.0 Å². The number of amidine groups is 1. The van der Waals surface area contributed by atoms with Crippen molar-refractivity contribution in [3.8, 4) is 0 Å². The van der Waals surface area contributed by atoms with Gasteiger partial charge in [-0.1, -0.05) is 12.1 Å². The Bertz CT molecular complexity index is 170. The lowest BCUT2D eigenvalue weighted by Gasteiger charge is -2.16. The normalized spacial score (nSPS) is 14.7. The quantitative estimate of drug-likeness (QED) is 0.179. The molecule has 0 radical (unpaired) electrons. The lowest BCUT2D eigenvalue weighted by Crippen LogP contribution is -2.41. The summed E-state index contributed by atoms with van der Waals surface area (Å²) >= 11 is 0. The van der Waals surface area contributed by atoms with Crippen LogP contribution in [-0.2, 0) is 0 Å². The fourth-order valence-electron chi connectivity index (χ4n) is 1.20. The van der Waals surface area contributed by atoms with E-state index in [-0.39, 0.29) is 11.9 Å². The van der Waals surface area contributed by atoms with Gasteiger partial charge in [-0.25, -0.2) is 0 Å². The molecule has 1 atom stereocenters. The van der Waals surface area contributed by atoms with Crippen molar-refractivity contribution in [2.75, 3.05) is 27.2 Å². The van der Waals surface area contributed by atoms with Crippen LogP contribution in [-0.4, -0.2) is 49.2 Å². The third kappa shape index (κ3) is 5.77. The minimum atomic E-state index is -0.0119. The minimum absolute atomic E-state index is 0.0119. The number of nitrogens with one attached hydrogen (secondary N) is 1. The highest BCUT2D eigenvalue weighted by atomic mass is 16.4. The molecule has 4 N–H and O–H groups in total. The van der Waals surface area contributed by atoms with Gasteiger partial charge in [0.2, 0.25) is 0 Å². The fraction of sp³-hybridized carbons (Fsp3) is 0.889. The molecule has 0 spiro atoms. The first kappa shape index (κ1) is 13.2. The van der Waals surface area contributed by atoms with Gasteiger partial charge in [0.05, 0.1) is 6.04 Å². The molecule has 0 bridgehead atoms. The maximum Gasteiger partial charge on any atom is 0.156 e. The Morgan fingerprint density at radius 1 is 1.57 bits per heavy atom. The van der Waals surface area contributed by atoms with E-state index in [4.69, 9.17) is 10.9 Å². The molecule has 0 fully saturated rings. The van der Waals surface area contributed by atoms with E-state index in [9.17, 15) is 0 Å². The highest BCUT2D eigenvalue weighted by Crippen LogP contribution is 1.91. The molecule has 0 heterocycles. The second kappa shape index (κ2) is 7.58. The number of oxime groups is 1. The molecule has 0 saturated carbocycles. The molecule has 5 nitrogen and oxygen atoms in total. The summed E-state index contributed by atoms with van der Waals surface area (Å²) in [5.41, 5.74) is 5.50. The van der Waals surface area contributed by atoms with Crippen molar-refractivity contribution in [1.29, 1.82) is 0 Å². The van der Waals surface area contributed by atoms with Gasteiger partial charge in [0.15, 0.2) is 5.84 Å². The van der Waals surface area contributed by atoms with Crippen molar-refractivity contribution >= 4 is 5.84 Å². The van der Waals surface area contributed by atoms with E-state index in [1.54, 1.807) is 0 Å². The van der Waals surface area contributed by atoms with Crippen LogP contribution >= 0.6 is 0 Å². The molecule has 0 saturated heterocycles. The van der Waals surface area contributed by atoms with Crippen LogP contribution in [0.2, 0.25) is 0 Å². The molecule has 14 heavy (non-hydrogen) atoms. The molecule has 0 amide bonds. The van der Waals surface area contributed by atoms with Gasteiger partial charge in [-0.3, -0.25) is 0 Å². The Kier molecular flexibility index (Phi) is 7.14. The van der Waals surface area contributed by atoms with Crippen molar-refractivity contribution in [3.63, 3.8) is 0 Å². The molecule has 0 aliphatic carbocycles. The van der Waals surface area contributed by atoms with Crippen molar-refractivity contribution in [3.05, 3.63) is 0 Å². The van der Waals surface area contributed by atoms with Gasteiger partial charge >= 0.3 is 0 Å². The van der Waals surface area contributed by atoms with E-state index in [0.717, 1.165) is 25.9 Å². The van der Waals surface area contributed by atoms with Crippen LogP contribution in [0.3, 0.4) is 0 Å². The Morgan fingerprint density at radius 2 is 2.21 bits per heavy atom. The van der Waals surface area contributed by atoms with Crippen LogP contribution in [0.1, 0.15) is 19.8 Å². The molecule has 0 aromatic rings. The summed E-state index contributed by atoms with van der Waals surface area (Å²) in [6.45, 7) is 3.92. The van der Waals surface area contributed by atoms with E-state index in [0.29, 0.717) is 0 Å². The predicted octanol–water partition coefficient (Wildman–Crippen LogP) is 0.0527. The van der Waals surface area contributed by atoms with Gasteiger partial charge in [0.1, 0.15) is 0 Å². The molecule has 0 aliphatic rings. The van der Waals surface area contributed by atoms with Crippen molar-refractivity contribution in [2.24, 2.45) is 10.9 Å². The Labute approximate surface area is 86.0 Å². The molecule has 0 rings (SSSR count). The topological polar surface area (TPSA) is 73.9 Å². The fourth-order valence-corrected chi connectivity index (χ4v) is 1.20. The maximum atomic E-state index is 8.50. The molecule has 0 aromatic heterocycles. The first-order valence-electron chi connectivity index (χ1n) is 4.97. The van der Waals surface area contributed by atoms with Gasteiger partial charge < -0.3 is 21.2 Å². The summed E-state index contributed by atoms with van der Waals surface area (Å²) in [6, 6.07) is -0.0119. The number of hydrogen-bond acceptors (Lipinski definition) is 4. The number of rotatable bonds is 7. The summed E-state index contributed by atoms with van der Waals surface area (Å²) in [4.78, 5) is 2.13. The largest absolute Gasteiger partial charge is 0.409 e. The first-order chi connectivity index (χ1) is 6.61. The predicted molar refractivity (Wildman–Crippen MR) is 58.7 cm³/mol. The van der Waals surface area contributed by atoms with Crippen LogP contribution in [0.25, 0.3) is 0 Å². The first-order valence-corrected chi connectivity index (χ1v) is 4.97. The highest BCUT2D eigenvalue weighted by molar-refractivity contribution is 5.85. The zero-order valence-corrected chi connectivity index (χ0v) is 9.32. The zero-order valence-electron chi connectivity index (χ0n) is 9.32. The van der Waals surface area contributed by atoms with Gasteiger partial charge in [0, 0.05) is 0 Å². The smallest absolute Gasteiger partial charge is 0.156 e. The third-order valence-electron chi connectivity index (χ3n) is 2.05. The summed E-state index contributed by atoms with van der Waals surface area (Å²) in [5, 5.41) is 14.7. The Hall–Kier alpha value is -0.810. The second-order valence-electron chi connectivity index (χ2n) is 3.60. The molecule has 5 heteroatoms. The Balaban J connectivity index is 3.64.